The SMILES string of the molecule is Cc1cccc(C(=O)N2CCCN(CC(=O)NCCCN3CCCC3=O)CC2)c1. The van der Waals surface area contributed by atoms with Crippen molar-refractivity contribution >= 4 is 17.7 Å². The second-order valence-electron chi connectivity index (χ2n) is 7.98. The quantitative estimate of drug-likeness (QED) is 0.700. The molecule has 2 fully saturated rings. The van der Waals surface area contributed by atoms with Crippen molar-refractivity contribution in [2.75, 3.05) is 52.4 Å². The summed E-state index contributed by atoms with van der Waals surface area (Å²) in [6.07, 6.45) is 3.26. The van der Waals surface area contributed by atoms with Gasteiger partial charge in [-0.2, -0.15) is 0 Å². The third-order valence-corrected chi connectivity index (χ3v) is 5.61. The summed E-state index contributed by atoms with van der Waals surface area (Å²) in [5.74, 6) is 0.304. The van der Waals surface area contributed by atoms with Crippen molar-refractivity contribution in [1.82, 2.24) is 20.0 Å². The maximum absolute atomic E-state index is 12.7. The van der Waals surface area contributed by atoms with Crippen molar-refractivity contribution in [2.24, 2.45) is 0 Å². The summed E-state index contributed by atoms with van der Waals surface area (Å²) < 4.78 is 0. The molecule has 7 heteroatoms. The Hall–Kier alpha value is -2.41. The third-order valence-electron chi connectivity index (χ3n) is 5.61. The van der Waals surface area contributed by atoms with Gasteiger partial charge in [-0.15, -0.1) is 0 Å². The van der Waals surface area contributed by atoms with E-state index in [-0.39, 0.29) is 17.7 Å². The van der Waals surface area contributed by atoms with Gasteiger partial charge in [0.1, 0.15) is 0 Å². The van der Waals surface area contributed by atoms with E-state index < -0.39 is 0 Å². The second kappa shape index (κ2) is 10.4. The molecule has 0 aliphatic carbocycles. The minimum Gasteiger partial charge on any atom is -0.355 e. The molecule has 0 spiro atoms. The Morgan fingerprint density at radius 2 is 1.93 bits per heavy atom. The topological polar surface area (TPSA) is 73.0 Å². The number of carbonyl (C=O) groups is 3. The average molecular weight is 401 g/mol. The summed E-state index contributed by atoms with van der Waals surface area (Å²) in [5, 5.41) is 2.96. The predicted molar refractivity (Wildman–Crippen MR) is 112 cm³/mol. The fourth-order valence-electron chi connectivity index (χ4n) is 3.99. The van der Waals surface area contributed by atoms with Crippen LogP contribution in [0, 0.1) is 6.92 Å². The predicted octanol–water partition coefficient (Wildman–Crippen LogP) is 1.27. The zero-order chi connectivity index (χ0) is 20.6. The van der Waals surface area contributed by atoms with Crippen LogP contribution in [0.4, 0.5) is 0 Å². The van der Waals surface area contributed by atoms with E-state index in [1.54, 1.807) is 0 Å². The summed E-state index contributed by atoms with van der Waals surface area (Å²) in [4.78, 5) is 42.4. The number of nitrogens with one attached hydrogen (secondary N) is 1. The molecule has 0 radical (unpaired) electrons. The first-order chi connectivity index (χ1) is 14.0. The maximum atomic E-state index is 12.7. The van der Waals surface area contributed by atoms with Crippen molar-refractivity contribution < 1.29 is 14.4 Å². The summed E-state index contributed by atoms with van der Waals surface area (Å²) in [6, 6.07) is 7.69. The van der Waals surface area contributed by atoms with E-state index in [2.05, 4.69) is 10.2 Å². The monoisotopic (exact) mass is 400 g/mol. The number of likely N-dealkylation sites (tertiary alicyclic amines) is 1. The molecule has 2 aliphatic rings. The molecule has 0 saturated carbocycles. The van der Waals surface area contributed by atoms with E-state index in [1.807, 2.05) is 41.0 Å². The second-order valence-corrected chi connectivity index (χ2v) is 7.98. The molecule has 0 bridgehead atoms. The molecule has 158 valence electrons. The smallest absolute Gasteiger partial charge is 0.253 e. The molecule has 0 atom stereocenters. The van der Waals surface area contributed by atoms with Gasteiger partial charge in [0.25, 0.3) is 5.91 Å². The summed E-state index contributed by atoms with van der Waals surface area (Å²) >= 11 is 0. The van der Waals surface area contributed by atoms with E-state index in [0.717, 1.165) is 56.6 Å². The molecule has 2 heterocycles. The maximum Gasteiger partial charge on any atom is 0.253 e. The molecule has 7 nitrogen and oxygen atoms in total. The first-order valence-electron chi connectivity index (χ1n) is 10.7. The molecule has 1 N–H and O–H groups in total. The molecule has 1 aromatic rings. The fourth-order valence-corrected chi connectivity index (χ4v) is 3.99. The molecule has 0 unspecified atom stereocenters. The van der Waals surface area contributed by atoms with Gasteiger partial charge >= 0.3 is 0 Å². The van der Waals surface area contributed by atoms with Crippen LogP contribution in [0.25, 0.3) is 0 Å². The number of hydrogen-bond donors (Lipinski definition) is 1. The largest absolute Gasteiger partial charge is 0.355 e. The van der Waals surface area contributed by atoms with Crippen LogP contribution in [-0.4, -0.2) is 84.8 Å². The molecule has 29 heavy (non-hydrogen) atoms. The van der Waals surface area contributed by atoms with E-state index in [4.69, 9.17) is 0 Å². The number of benzene rings is 1. The Balaban J connectivity index is 1.37. The van der Waals surface area contributed by atoms with Gasteiger partial charge in [0.2, 0.25) is 11.8 Å². The zero-order valence-electron chi connectivity index (χ0n) is 17.4. The molecule has 3 amide bonds. The van der Waals surface area contributed by atoms with Crippen molar-refractivity contribution in [2.45, 2.75) is 32.6 Å². The van der Waals surface area contributed by atoms with Gasteiger partial charge in [-0.25, -0.2) is 0 Å². The summed E-state index contributed by atoms with van der Waals surface area (Å²) in [7, 11) is 0. The molecule has 1 aromatic carbocycles. The highest BCUT2D eigenvalue weighted by atomic mass is 16.2. The summed E-state index contributed by atoms with van der Waals surface area (Å²) in [6.45, 7) is 7.37. The first kappa shape index (κ1) is 21.3. The van der Waals surface area contributed by atoms with Crippen molar-refractivity contribution in [3.8, 4) is 0 Å². The number of nitrogens with zero attached hydrogens (tertiary/aromatic N) is 3. The van der Waals surface area contributed by atoms with Crippen LogP contribution in [0.1, 0.15) is 41.6 Å². The number of aryl methyl sites for hydroxylation is 1. The normalized spacial score (nSPS) is 18.0. The lowest BCUT2D eigenvalue weighted by atomic mass is 10.1. The highest BCUT2D eigenvalue weighted by molar-refractivity contribution is 5.94. The highest BCUT2D eigenvalue weighted by Gasteiger charge is 2.22. The Bertz CT molecular complexity index is 737. The van der Waals surface area contributed by atoms with Crippen LogP contribution in [0.2, 0.25) is 0 Å². The van der Waals surface area contributed by atoms with Gasteiger partial charge in [0.15, 0.2) is 0 Å². The number of carbonyl (C=O) groups excluding carboxylic acids is 3. The Kier molecular flexibility index (Phi) is 7.63. The van der Waals surface area contributed by atoms with Crippen LogP contribution >= 0.6 is 0 Å². The number of rotatable bonds is 7. The van der Waals surface area contributed by atoms with E-state index >= 15 is 0 Å². The average Bonchev–Trinajstić information content (AvgIpc) is 2.97. The van der Waals surface area contributed by atoms with Gasteiger partial charge < -0.3 is 15.1 Å². The Morgan fingerprint density at radius 3 is 2.69 bits per heavy atom. The minimum absolute atomic E-state index is 0.0104. The summed E-state index contributed by atoms with van der Waals surface area (Å²) in [5.41, 5.74) is 1.81. The Morgan fingerprint density at radius 1 is 1.07 bits per heavy atom. The van der Waals surface area contributed by atoms with Gasteiger partial charge in [0.05, 0.1) is 6.54 Å². The lowest BCUT2D eigenvalue weighted by Crippen LogP contribution is -2.40. The zero-order valence-corrected chi connectivity index (χ0v) is 17.4. The lowest BCUT2D eigenvalue weighted by molar-refractivity contribution is -0.127. The van der Waals surface area contributed by atoms with Crippen molar-refractivity contribution in [1.29, 1.82) is 0 Å². The van der Waals surface area contributed by atoms with Crippen LogP contribution in [0.5, 0.6) is 0 Å². The lowest BCUT2D eigenvalue weighted by Gasteiger charge is -2.22. The Labute approximate surface area is 173 Å². The van der Waals surface area contributed by atoms with E-state index in [9.17, 15) is 14.4 Å². The van der Waals surface area contributed by atoms with E-state index in [1.165, 1.54) is 0 Å². The van der Waals surface area contributed by atoms with Crippen LogP contribution < -0.4 is 5.32 Å². The van der Waals surface area contributed by atoms with E-state index in [0.29, 0.717) is 32.6 Å². The molecular weight excluding hydrogens is 368 g/mol. The number of amides is 3. The van der Waals surface area contributed by atoms with Crippen molar-refractivity contribution in [3.63, 3.8) is 0 Å². The molecule has 2 saturated heterocycles. The molecule has 0 aromatic heterocycles. The highest BCUT2D eigenvalue weighted by Crippen LogP contribution is 2.11. The minimum atomic E-state index is 0.0104. The van der Waals surface area contributed by atoms with Gasteiger partial charge in [0, 0.05) is 57.8 Å². The fraction of sp³-hybridized carbons (Fsp3) is 0.591. The number of hydrogen-bond acceptors (Lipinski definition) is 4. The third kappa shape index (κ3) is 6.29. The van der Waals surface area contributed by atoms with Crippen LogP contribution in [-0.2, 0) is 9.59 Å². The van der Waals surface area contributed by atoms with Crippen LogP contribution in [0.15, 0.2) is 24.3 Å². The first-order valence-corrected chi connectivity index (χ1v) is 10.7. The molecular formula is C22H32N4O3. The molecule has 2 aliphatic heterocycles. The molecule has 3 rings (SSSR count). The van der Waals surface area contributed by atoms with Crippen molar-refractivity contribution in [3.05, 3.63) is 35.4 Å². The van der Waals surface area contributed by atoms with Gasteiger partial charge in [-0.3, -0.25) is 19.3 Å². The standard InChI is InChI=1S/C22H32N4O3/c1-18-6-2-7-19(16-18)22(29)26-13-5-10-24(14-15-26)17-20(27)23-9-4-12-25-11-3-8-21(25)28/h2,6-7,16H,3-5,8-15,17H2,1H3,(H,23,27). The van der Waals surface area contributed by atoms with Gasteiger partial charge in [-0.1, -0.05) is 17.7 Å². The van der Waals surface area contributed by atoms with Gasteiger partial charge in [-0.05, 0) is 38.3 Å². The van der Waals surface area contributed by atoms with Crippen LogP contribution in [0.3, 0.4) is 0 Å².